The normalized spacial score (nSPS) is 12.9. The van der Waals surface area contributed by atoms with Crippen molar-refractivity contribution < 1.29 is 24.5 Å². The van der Waals surface area contributed by atoms with E-state index in [0.717, 1.165) is 57.8 Å². The molecular formula is C55H103NO5. The highest BCUT2D eigenvalue weighted by Gasteiger charge is 2.20. The molecule has 0 heterocycles. The van der Waals surface area contributed by atoms with E-state index in [1.54, 1.807) is 0 Å². The zero-order valence-corrected chi connectivity index (χ0v) is 40.6. The number of carbonyl (C=O) groups excluding carboxylic acids is 2. The molecule has 0 aromatic rings. The summed E-state index contributed by atoms with van der Waals surface area (Å²) in [6.07, 6.45) is 61.2. The topological polar surface area (TPSA) is 95.9 Å². The van der Waals surface area contributed by atoms with Crippen molar-refractivity contribution in [3.63, 3.8) is 0 Å². The highest BCUT2D eigenvalue weighted by molar-refractivity contribution is 5.76. The van der Waals surface area contributed by atoms with Crippen molar-refractivity contribution in [1.29, 1.82) is 0 Å². The number of unbranched alkanes of at least 4 members (excludes halogenated alkanes) is 32. The monoisotopic (exact) mass is 858 g/mol. The van der Waals surface area contributed by atoms with E-state index in [-0.39, 0.29) is 18.5 Å². The van der Waals surface area contributed by atoms with Crippen LogP contribution in [-0.4, -0.2) is 47.4 Å². The summed E-state index contributed by atoms with van der Waals surface area (Å²) in [5, 5.41) is 23.1. The summed E-state index contributed by atoms with van der Waals surface area (Å²) in [6, 6.07) is -0.547. The number of carbonyl (C=O) groups is 2. The maximum atomic E-state index is 12.4. The number of esters is 1. The molecular weight excluding hydrogens is 755 g/mol. The number of amides is 1. The fourth-order valence-electron chi connectivity index (χ4n) is 8.02. The molecule has 0 saturated heterocycles. The summed E-state index contributed by atoms with van der Waals surface area (Å²) in [7, 11) is 0. The molecule has 0 rings (SSSR count). The van der Waals surface area contributed by atoms with Gasteiger partial charge in [0.05, 0.1) is 25.4 Å². The Labute approximate surface area is 379 Å². The van der Waals surface area contributed by atoms with Gasteiger partial charge in [0.1, 0.15) is 0 Å². The van der Waals surface area contributed by atoms with Crippen LogP contribution in [0.5, 0.6) is 0 Å². The van der Waals surface area contributed by atoms with Gasteiger partial charge in [-0.2, -0.15) is 0 Å². The van der Waals surface area contributed by atoms with E-state index < -0.39 is 12.1 Å². The molecule has 61 heavy (non-hydrogen) atoms. The third-order valence-corrected chi connectivity index (χ3v) is 12.2. The third kappa shape index (κ3) is 47.4. The first kappa shape index (κ1) is 59.1. The molecule has 0 spiro atoms. The van der Waals surface area contributed by atoms with E-state index in [0.29, 0.717) is 25.9 Å². The van der Waals surface area contributed by atoms with Crippen LogP contribution < -0.4 is 5.32 Å². The minimum atomic E-state index is -0.669. The van der Waals surface area contributed by atoms with Crippen LogP contribution >= 0.6 is 0 Å². The lowest BCUT2D eigenvalue weighted by Crippen LogP contribution is -2.45. The van der Waals surface area contributed by atoms with Gasteiger partial charge in [0, 0.05) is 12.8 Å². The minimum absolute atomic E-state index is 0.0107. The standard InChI is InChI=1S/C55H103NO5/c1-3-5-7-9-11-13-15-16-22-26-29-33-37-41-45-49-55(60)61-50-46-42-38-34-30-27-24-21-19-17-18-20-23-25-28-32-36-40-44-48-54(59)56-52(51-57)53(58)47-43-39-35-31-14-12-10-8-6-4-2/h11,13,16-18,22,52-53,57-58H,3-10,12,14-15,19-21,23-51H2,1-2H3,(H,56,59)/b13-11-,18-17-,22-16-. The summed E-state index contributed by atoms with van der Waals surface area (Å²) >= 11 is 0. The van der Waals surface area contributed by atoms with E-state index in [9.17, 15) is 19.8 Å². The van der Waals surface area contributed by atoms with E-state index in [4.69, 9.17) is 4.74 Å². The van der Waals surface area contributed by atoms with E-state index in [1.807, 2.05) is 0 Å². The molecule has 358 valence electrons. The van der Waals surface area contributed by atoms with Crippen LogP contribution in [0.15, 0.2) is 36.5 Å². The van der Waals surface area contributed by atoms with Gasteiger partial charge in [-0.25, -0.2) is 0 Å². The van der Waals surface area contributed by atoms with Crippen LogP contribution in [0, 0.1) is 0 Å². The zero-order chi connectivity index (χ0) is 44.4. The van der Waals surface area contributed by atoms with E-state index in [1.165, 1.54) is 186 Å². The molecule has 0 aliphatic rings. The van der Waals surface area contributed by atoms with Crippen molar-refractivity contribution in [2.75, 3.05) is 13.2 Å². The largest absolute Gasteiger partial charge is 0.466 e. The van der Waals surface area contributed by atoms with Gasteiger partial charge in [0.15, 0.2) is 0 Å². The lowest BCUT2D eigenvalue weighted by molar-refractivity contribution is -0.143. The Balaban J connectivity index is 3.43. The maximum Gasteiger partial charge on any atom is 0.305 e. The van der Waals surface area contributed by atoms with Crippen molar-refractivity contribution in [1.82, 2.24) is 5.32 Å². The molecule has 0 aromatic heterocycles. The Morgan fingerprint density at radius 1 is 0.459 bits per heavy atom. The van der Waals surface area contributed by atoms with Crippen LogP contribution in [-0.2, 0) is 14.3 Å². The van der Waals surface area contributed by atoms with E-state index >= 15 is 0 Å². The molecule has 0 bridgehead atoms. The van der Waals surface area contributed by atoms with Crippen LogP contribution in [0.1, 0.15) is 277 Å². The second-order valence-corrected chi connectivity index (χ2v) is 18.2. The molecule has 0 saturated carbocycles. The smallest absolute Gasteiger partial charge is 0.305 e. The second-order valence-electron chi connectivity index (χ2n) is 18.2. The van der Waals surface area contributed by atoms with Gasteiger partial charge in [-0.1, -0.05) is 217 Å². The van der Waals surface area contributed by atoms with Gasteiger partial charge in [0.25, 0.3) is 0 Å². The van der Waals surface area contributed by atoms with Gasteiger partial charge < -0.3 is 20.3 Å². The predicted octanol–water partition coefficient (Wildman–Crippen LogP) is 16.1. The fraction of sp³-hybridized carbons (Fsp3) is 0.855. The van der Waals surface area contributed by atoms with Crippen molar-refractivity contribution in [3.8, 4) is 0 Å². The number of hydrogen-bond acceptors (Lipinski definition) is 5. The van der Waals surface area contributed by atoms with Crippen molar-refractivity contribution >= 4 is 11.9 Å². The lowest BCUT2D eigenvalue weighted by Gasteiger charge is -2.22. The number of allylic oxidation sites excluding steroid dienone is 6. The minimum Gasteiger partial charge on any atom is -0.466 e. The average Bonchev–Trinajstić information content (AvgIpc) is 3.26. The maximum absolute atomic E-state index is 12.4. The first-order valence-corrected chi connectivity index (χ1v) is 26.7. The molecule has 0 aliphatic heterocycles. The van der Waals surface area contributed by atoms with Crippen molar-refractivity contribution in [2.45, 2.75) is 289 Å². The van der Waals surface area contributed by atoms with Gasteiger partial charge in [0.2, 0.25) is 5.91 Å². The SMILES string of the molecule is CCCCC/C=C\C/C=C\CCCCCCCC(=O)OCCCCCCCCCC/C=C\CCCCCCCCCC(=O)NC(CO)C(O)CCCCCCCCCCCC. The fourth-order valence-corrected chi connectivity index (χ4v) is 8.02. The van der Waals surface area contributed by atoms with Crippen molar-refractivity contribution in [2.24, 2.45) is 0 Å². The van der Waals surface area contributed by atoms with Gasteiger partial charge in [-0.15, -0.1) is 0 Å². The van der Waals surface area contributed by atoms with Crippen LogP contribution in [0.4, 0.5) is 0 Å². The molecule has 2 unspecified atom stereocenters. The number of aliphatic hydroxyl groups is 2. The molecule has 0 fully saturated rings. The lowest BCUT2D eigenvalue weighted by atomic mass is 10.0. The summed E-state index contributed by atoms with van der Waals surface area (Å²) in [6.45, 7) is 4.89. The first-order chi connectivity index (χ1) is 30.0. The number of nitrogens with one attached hydrogen (secondary N) is 1. The molecule has 2 atom stereocenters. The Kier molecular flexibility index (Phi) is 49.1. The van der Waals surface area contributed by atoms with Crippen LogP contribution in [0.3, 0.4) is 0 Å². The number of rotatable bonds is 49. The average molecular weight is 858 g/mol. The van der Waals surface area contributed by atoms with Crippen LogP contribution in [0.2, 0.25) is 0 Å². The quantitative estimate of drug-likeness (QED) is 0.0322. The summed E-state index contributed by atoms with van der Waals surface area (Å²) in [5.41, 5.74) is 0. The summed E-state index contributed by atoms with van der Waals surface area (Å²) in [4.78, 5) is 24.4. The Bertz CT molecular complexity index is 993. The molecule has 0 aromatic carbocycles. The number of aliphatic hydroxyl groups excluding tert-OH is 2. The second kappa shape index (κ2) is 50.7. The van der Waals surface area contributed by atoms with Crippen LogP contribution in [0.25, 0.3) is 0 Å². The molecule has 0 radical (unpaired) electrons. The Morgan fingerprint density at radius 3 is 1.30 bits per heavy atom. The highest BCUT2D eigenvalue weighted by atomic mass is 16.5. The molecule has 6 heteroatoms. The number of hydrogen-bond donors (Lipinski definition) is 3. The Morgan fingerprint density at radius 2 is 0.820 bits per heavy atom. The van der Waals surface area contributed by atoms with Gasteiger partial charge in [-0.05, 0) is 83.5 Å². The van der Waals surface area contributed by atoms with Gasteiger partial charge >= 0.3 is 5.97 Å². The predicted molar refractivity (Wildman–Crippen MR) is 264 cm³/mol. The molecule has 6 nitrogen and oxygen atoms in total. The van der Waals surface area contributed by atoms with E-state index in [2.05, 4.69) is 55.6 Å². The number of ether oxygens (including phenoxy) is 1. The van der Waals surface area contributed by atoms with Gasteiger partial charge in [-0.3, -0.25) is 9.59 Å². The third-order valence-electron chi connectivity index (χ3n) is 12.2. The first-order valence-electron chi connectivity index (χ1n) is 26.7. The Hall–Kier alpha value is -1.92. The summed E-state index contributed by atoms with van der Waals surface area (Å²) < 4.78 is 5.46. The highest BCUT2D eigenvalue weighted by Crippen LogP contribution is 2.16. The molecule has 1 amide bonds. The summed E-state index contributed by atoms with van der Waals surface area (Å²) in [5.74, 6) is -0.0580. The molecule has 3 N–H and O–H groups in total. The zero-order valence-electron chi connectivity index (χ0n) is 40.6. The van der Waals surface area contributed by atoms with Crippen molar-refractivity contribution in [3.05, 3.63) is 36.5 Å². The molecule has 0 aliphatic carbocycles.